The highest BCUT2D eigenvalue weighted by Crippen LogP contribution is 2.37. The molecule has 25 heavy (non-hydrogen) atoms. The van der Waals surface area contributed by atoms with Crippen LogP contribution in [-0.4, -0.2) is 35.6 Å². The number of anilines is 1. The van der Waals surface area contributed by atoms with Crippen LogP contribution in [0, 0.1) is 5.92 Å². The van der Waals surface area contributed by atoms with Gasteiger partial charge in [-0.1, -0.05) is 23.2 Å². The first-order valence-electron chi connectivity index (χ1n) is 7.97. The minimum absolute atomic E-state index is 0.165. The molecule has 0 aliphatic carbocycles. The fraction of sp³-hybridized carbons (Fsp3) is 0.353. The van der Waals surface area contributed by atoms with Crippen molar-refractivity contribution >= 4 is 34.8 Å². The number of hydrogen-bond donors (Lipinski definition) is 2. The summed E-state index contributed by atoms with van der Waals surface area (Å²) >= 11 is 12.5. The van der Waals surface area contributed by atoms with Gasteiger partial charge in [0, 0.05) is 43.3 Å². The molecule has 1 aliphatic heterocycles. The number of rotatable bonds is 5. The summed E-state index contributed by atoms with van der Waals surface area (Å²) in [6.07, 6.45) is 6.54. The quantitative estimate of drug-likeness (QED) is 0.775. The minimum Gasteiger partial charge on any atom is -0.383 e. The zero-order valence-electron chi connectivity index (χ0n) is 13.5. The van der Waals surface area contributed by atoms with Gasteiger partial charge in [0.25, 0.3) is 5.91 Å². The number of pyridine rings is 2. The third kappa shape index (κ3) is 4.03. The van der Waals surface area contributed by atoms with Crippen LogP contribution in [0.3, 0.4) is 0 Å². The van der Waals surface area contributed by atoms with Crippen LogP contribution in [0.4, 0.5) is 5.69 Å². The van der Waals surface area contributed by atoms with Gasteiger partial charge in [0.15, 0.2) is 0 Å². The van der Waals surface area contributed by atoms with E-state index in [1.807, 2.05) is 0 Å². The standard InChI is InChI=1S/C17H18Cl2N4O2/c18-12-8-21-4-1-11(12)14-15(17(20)24)13(9-23-16(14)19)22-7-10-2-5-25-6-3-10/h1,4,8-10,22H,2-3,5-7H2,(H2,20,24). The SMILES string of the molecule is NC(=O)c1c(NCC2CCOCC2)cnc(Cl)c1-c1ccncc1Cl. The zero-order valence-corrected chi connectivity index (χ0v) is 15.0. The molecule has 6 nitrogen and oxygen atoms in total. The van der Waals surface area contributed by atoms with Crippen molar-refractivity contribution in [2.75, 3.05) is 25.1 Å². The van der Waals surface area contributed by atoms with E-state index in [-0.39, 0.29) is 10.7 Å². The van der Waals surface area contributed by atoms with E-state index in [1.165, 1.54) is 12.4 Å². The van der Waals surface area contributed by atoms with E-state index >= 15 is 0 Å². The minimum atomic E-state index is -0.596. The van der Waals surface area contributed by atoms with E-state index in [1.54, 1.807) is 12.3 Å². The average molecular weight is 381 g/mol. The third-order valence-corrected chi connectivity index (χ3v) is 4.83. The lowest BCUT2D eigenvalue weighted by molar-refractivity contribution is 0.0699. The number of nitrogens with one attached hydrogen (secondary N) is 1. The average Bonchev–Trinajstić information content (AvgIpc) is 2.62. The van der Waals surface area contributed by atoms with Gasteiger partial charge in [-0.15, -0.1) is 0 Å². The predicted molar refractivity (Wildman–Crippen MR) is 98.0 cm³/mol. The summed E-state index contributed by atoms with van der Waals surface area (Å²) < 4.78 is 5.37. The highest BCUT2D eigenvalue weighted by atomic mass is 35.5. The predicted octanol–water partition coefficient (Wildman–Crippen LogP) is 3.39. The lowest BCUT2D eigenvalue weighted by atomic mass is 9.98. The molecule has 8 heteroatoms. The Labute approximate surface area is 155 Å². The Hall–Kier alpha value is -1.89. The third-order valence-electron chi connectivity index (χ3n) is 4.24. The van der Waals surface area contributed by atoms with Crippen LogP contribution in [0.2, 0.25) is 10.2 Å². The molecule has 2 aromatic rings. The van der Waals surface area contributed by atoms with Gasteiger partial charge >= 0.3 is 0 Å². The Morgan fingerprint density at radius 1 is 1.32 bits per heavy atom. The van der Waals surface area contributed by atoms with Crippen LogP contribution in [0.5, 0.6) is 0 Å². The molecular formula is C17H18Cl2N4O2. The van der Waals surface area contributed by atoms with Crippen molar-refractivity contribution in [3.63, 3.8) is 0 Å². The van der Waals surface area contributed by atoms with Crippen molar-refractivity contribution in [1.29, 1.82) is 0 Å². The second-order valence-corrected chi connectivity index (χ2v) is 6.63. The smallest absolute Gasteiger partial charge is 0.251 e. The summed E-state index contributed by atoms with van der Waals surface area (Å²) in [4.78, 5) is 20.3. The number of amides is 1. The van der Waals surface area contributed by atoms with E-state index in [9.17, 15) is 4.79 Å². The number of hydrogen-bond acceptors (Lipinski definition) is 5. The summed E-state index contributed by atoms with van der Waals surface area (Å²) in [5.41, 5.74) is 7.44. The molecular weight excluding hydrogens is 363 g/mol. The maximum Gasteiger partial charge on any atom is 0.251 e. The van der Waals surface area contributed by atoms with Crippen LogP contribution >= 0.6 is 23.2 Å². The van der Waals surface area contributed by atoms with Gasteiger partial charge in [-0.25, -0.2) is 4.98 Å². The molecule has 3 N–H and O–H groups in total. The van der Waals surface area contributed by atoms with E-state index in [0.717, 1.165) is 26.1 Å². The number of halogens is 2. The summed E-state index contributed by atoms with van der Waals surface area (Å²) in [6.45, 7) is 2.22. The van der Waals surface area contributed by atoms with Crippen molar-refractivity contribution in [3.8, 4) is 11.1 Å². The summed E-state index contributed by atoms with van der Waals surface area (Å²) in [7, 11) is 0. The normalized spacial score (nSPS) is 15.1. The van der Waals surface area contributed by atoms with E-state index in [0.29, 0.717) is 34.3 Å². The van der Waals surface area contributed by atoms with Crippen molar-refractivity contribution in [2.45, 2.75) is 12.8 Å². The maximum atomic E-state index is 12.1. The number of carbonyl (C=O) groups is 1. The molecule has 0 saturated carbocycles. The number of primary amides is 1. The van der Waals surface area contributed by atoms with Gasteiger partial charge in [-0.2, -0.15) is 0 Å². The maximum absolute atomic E-state index is 12.1. The Morgan fingerprint density at radius 3 is 2.76 bits per heavy atom. The molecule has 2 aromatic heterocycles. The molecule has 0 bridgehead atoms. The van der Waals surface area contributed by atoms with Gasteiger partial charge in [0.05, 0.1) is 22.5 Å². The molecule has 0 radical (unpaired) electrons. The fourth-order valence-corrected chi connectivity index (χ4v) is 3.37. The summed E-state index contributed by atoms with van der Waals surface area (Å²) in [6, 6.07) is 1.68. The second-order valence-electron chi connectivity index (χ2n) is 5.87. The highest BCUT2D eigenvalue weighted by molar-refractivity contribution is 6.36. The first kappa shape index (κ1) is 17.9. The lowest BCUT2D eigenvalue weighted by Gasteiger charge is -2.23. The molecule has 1 fully saturated rings. The first-order chi connectivity index (χ1) is 12.1. The molecule has 0 aromatic carbocycles. The van der Waals surface area contributed by atoms with Crippen molar-refractivity contribution in [2.24, 2.45) is 11.7 Å². The molecule has 3 rings (SSSR count). The highest BCUT2D eigenvalue weighted by Gasteiger charge is 2.22. The summed E-state index contributed by atoms with van der Waals surface area (Å²) in [5, 5.41) is 3.82. The molecule has 1 amide bonds. The molecule has 1 saturated heterocycles. The fourth-order valence-electron chi connectivity index (χ4n) is 2.91. The van der Waals surface area contributed by atoms with Crippen LogP contribution in [-0.2, 0) is 4.74 Å². The van der Waals surface area contributed by atoms with Crippen molar-refractivity contribution < 1.29 is 9.53 Å². The molecule has 3 heterocycles. The number of aromatic nitrogens is 2. The lowest BCUT2D eigenvalue weighted by Crippen LogP contribution is -2.24. The van der Waals surface area contributed by atoms with Crippen molar-refractivity contribution in [3.05, 3.63) is 40.4 Å². The number of nitrogens with two attached hydrogens (primary N) is 1. The van der Waals surface area contributed by atoms with Gasteiger partial charge in [-0.3, -0.25) is 9.78 Å². The molecule has 0 spiro atoms. The Bertz CT molecular complexity index is 779. The van der Waals surface area contributed by atoms with Crippen LogP contribution in [0.25, 0.3) is 11.1 Å². The van der Waals surface area contributed by atoms with Gasteiger partial charge in [-0.05, 0) is 24.8 Å². The molecule has 1 aliphatic rings. The Balaban J connectivity index is 1.97. The monoisotopic (exact) mass is 380 g/mol. The summed E-state index contributed by atoms with van der Waals surface area (Å²) in [5.74, 6) is -0.125. The van der Waals surface area contributed by atoms with Crippen LogP contribution < -0.4 is 11.1 Å². The van der Waals surface area contributed by atoms with E-state index in [2.05, 4.69) is 15.3 Å². The zero-order chi connectivity index (χ0) is 17.8. The number of ether oxygens (including phenoxy) is 1. The number of nitrogens with zero attached hydrogens (tertiary/aromatic N) is 2. The Morgan fingerprint density at radius 2 is 2.08 bits per heavy atom. The van der Waals surface area contributed by atoms with E-state index < -0.39 is 5.91 Å². The second kappa shape index (κ2) is 7.99. The van der Waals surface area contributed by atoms with Crippen LogP contribution in [0.1, 0.15) is 23.2 Å². The van der Waals surface area contributed by atoms with Gasteiger partial charge in [0.2, 0.25) is 0 Å². The largest absolute Gasteiger partial charge is 0.383 e. The van der Waals surface area contributed by atoms with Gasteiger partial charge < -0.3 is 15.8 Å². The molecule has 132 valence electrons. The molecule has 0 unspecified atom stereocenters. The Kier molecular flexibility index (Phi) is 5.73. The topological polar surface area (TPSA) is 90.1 Å². The van der Waals surface area contributed by atoms with Crippen LogP contribution in [0.15, 0.2) is 24.7 Å². The number of carbonyl (C=O) groups excluding carboxylic acids is 1. The van der Waals surface area contributed by atoms with Gasteiger partial charge in [0.1, 0.15) is 5.15 Å². The van der Waals surface area contributed by atoms with Crippen molar-refractivity contribution in [1.82, 2.24) is 9.97 Å². The molecule has 0 atom stereocenters. The van der Waals surface area contributed by atoms with E-state index in [4.69, 9.17) is 33.7 Å². The first-order valence-corrected chi connectivity index (χ1v) is 8.73.